The van der Waals surface area contributed by atoms with Crippen LogP contribution in [-0.4, -0.2) is 55.7 Å². The molecule has 1 fully saturated rings. The smallest absolute Gasteiger partial charge is 0.237 e. The molecule has 0 saturated carbocycles. The lowest BCUT2D eigenvalue weighted by Crippen LogP contribution is -2.46. The summed E-state index contributed by atoms with van der Waals surface area (Å²) in [7, 11) is 1.62. The van der Waals surface area contributed by atoms with Crippen molar-refractivity contribution in [2.24, 2.45) is 0 Å². The fraction of sp³-hybridized carbons (Fsp3) is 0.900. The van der Waals surface area contributed by atoms with Crippen molar-refractivity contribution < 1.29 is 14.3 Å². The average molecular weight is 236 g/mol. The van der Waals surface area contributed by atoms with Crippen LogP contribution >= 0.6 is 11.6 Å². The molecule has 0 N–H and O–H groups in total. The van der Waals surface area contributed by atoms with Gasteiger partial charge in [-0.05, 0) is 13.3 Å². The van der Waals surface area contributed by atoms with Gasteiger partial charge >= 0.3 is 0 Å². The maximum atomic E-state index is 11.6. The fourth-order valence-electron chi connectivity index (χ4n) is 1.87. The van der Waals surface area contributed by atoms with Crippen LogP contribution in [-0.2, 0) is 14.3 Å². The minimum absolute atomic E-state index is 0.0208. The highest BCUT2D eigenvalue weighted by Crippen LogP contribution is 2.19. The first-order valence-corrected chi connectivity index (χ1v) is 5.70. The Labute approximate surface area is 95.5 Å². The second-order valence-electron chi connectivity index (χ2n) is 3.65. The van der Waals surface area contributed by atoms with Gasteiger partial charge in [-0.3, -0.25) is 4.79 Å². The van der Waals surface area contributed by atoms with Crippen LogP contribution in [0.3, 0.4) is 0 Å². The van der Waals surface area contributed by atoms with Gasteiger partial charge in [0.2, 0.25) is 5.91 Å². The van der Waals surface area contributed by atoms with E-state index in [9.17, 15) is 4.79 Å². The molecule has 15 heavy (non-hydrogen) atoms. The van der Waals surface area contributed by atoms with Gasteiger partial charge in [0, 0.05) is 20.3 Å². The second-order valence-corrected chi connectivity index (χ2v) is 3.91. The molecule has 0 aromatic carbocycles. The number of amides is 1. The Morgan fingerprint density at radius 3 is 2.87 bits per heavy atom. The van der Waals surface area contributed by atoms with Gasteiger partial charge in [-0.2, -0.15) is 0 Å². The van der Waals surface area contributed by atoms with Gasteiger partial charge in [0.15, 0.2) is 0 Å². The summed E-state index contributed by atoms with van der Waals surface area (Å²) < 4.78 is 10.4. The monoisotopic (exact) mass is 235 g/mol. The Morgan fingerprint density at radius 2 is 2.40 bits per heavy atom. The van der Waals surface area contributed by atoms with E-state index in [0.29, 0.717) is 19.8 Å². The second kappa shape index (κ2) is 6.30. The Kier molecular flexibility index (Phi) is 5.36. The van der Waals surface area contributed by atoms with Crippen molar-refractivity contribution in [1.29, 1.82) is 0 Å². The van der Waals surface area contributed by atoms with Crippen LogP contribution in [0.4, 0.5) is 0 Å². The van der Waals surface area contributed by atoms with Crippen molar-refractivity contribution in [3.63, 3.8) is 0 Å². The summed E-state index contributed by atoms with van der Waals surface area (Å²) in [5.74, 6) is -0.0245. The quantitative estimate of drug-likeness (QED) is 0.664. The summed E-state index contributed by atoms with van der Waals surface area (Å²) in [5.41, 5.74) is 0. The normalized spacial score (nSPS) is 25.5. The number of rotatable bonds is 5. The SMILES string of the molecule is COCCN(C(=O)CCl)C1CCOC1C. The van der Waals surface area contributed by atoms with Gasteiger partial charge in [-0.25, -0.2) is 0 Å². The van der Waals surface area contributed by atoms with E-state index in [1.807, 2.05) is 6.92 Å². The topological polar surface area (TPSA) is 38.8 Å². The average Bonchev–Trinajstić information content (AvgIpc) is 2.65. The van der Waals surface area contributed by atoms with E-state index >= 15 is 0 Å². The fourth-order valence-corrected chi connectivity index (χ4v) is 2.03. The highest BCUT2D eigenvalue weighted by molar-refractivity contribution is 6.27. The summed E-state index contributed by atoms with van der Waals surface area (Å²) in [6.45, 7) is 3.82. The summed E-state index contributed by atoms with van der Waals surface area (Å²) in [4.78, 5) is 13.4. The predicted octanol–water partition coefficient (Wildman–Crippen LogP) is 0.878. The van der Waals surface area contributed by atoms with E-state index < -0.39 is 0 Å². The molecule has 1 amide bonds. The molecule has 1 aliphatic heterocycles. The standard InChI is InChI=1S/C10H18ClNO3/c1-8-9(3-5-15-8)12(4-6-14-2)10(13)7-11/h8-9H,3-7H2,1-2H3. The lowest BCUT2D eigenvalue weighted by Gasteiger charge is -2.30. The maximum Gasteiger partial charge on any atom is 0.237 e. The van der Waals surface area contributed by atoms with Crippen molar-refractivity contribution in [3.8, 4) is 0 Å². The molecule has 4 nitrogen and oxygen atoms in total. The predicted molar refractivity (Wildman–Crippen MR) is 58.1 cm³/mol. The summed E-state index contributed by atoms with van der Waals surface area (Å²) in [5, 5.41) is 0. The molecule has 0 spiro atoms. The Morgan fingerprint density at radius 1 is 1.67 bits per heavy atom. The van der Waals surface area contributed by atoms with Gasteiger partial charge in [0.1, 0.15) is 5.88 Å². The first kappa shape index (κ1) is 12.7. The van der Waals surface area contributed by atoms with Crippen LogP contribution in [0.5, 0.6) is 0 Å². The third kappa shape index (κ3) is 3.33. The molecule has 2 atom stereocenters. The molecule has 0 aromatic heterocycles. The van der Waals surface area contributed by atoms with E-state index in [1.165, 1.54) is 0 Å². The Balaban J connectivity index is 2.57. The molecular weight excluding hydrogens is 218 g/mol. The van der Waals surface area contributed by atoms with Crippen LogP contribution in [0.2, 0.25) is 0 Å². The Bertz CT molecular complexity index is 213. The minimum Gasteiger partial charge on any atom is -0.383 e. The number of halogens is 1. The first-order chi connectivity index (χ1) is 7.20. The highest BCUT2D eigenvalue weighted by Gasteiger charge is 2.32. The molecule has 1 saturated heterocycles. The third-order valence-corrected chi connectivity index (χ3v) is 2.94. The lowest BCUT2D eigenvalue weighted by molar-refractivity contribution is -0.132. The van der Waals surface area contributed by atoms with Crippen LogP contribution < -0.4 is 0 Å². The molecule has 0 bridgehead atoms. The maximum absolute atomic E-state index is 11.6. The number of hydrogen-bond donors (Lipinski definition) is 0. The number of carbonyl (C=O) groups is 1. The van der Waals surface area contributed by atoms with Crippen LogP contribution in [0.15, 0.2) is 0 Å². The first-order valence-electron chi connectivity index (χ1n) is 5.16. The molecular formula is C10H18ClNO3. The molecule has 0 aliphatic carbocycles. The van der Waals surface area contributed by atoms with Crippen molar-refractivity contribution >= 4 is 17.5 Å². The van der Waals surface area contributed by atoms with E-state index in [0.717, 1.165) is 6.42 Å². The molecule has 1 rings (SSSR count). The van der Waals surface area contributed by atoms with Crippen molar-refractivity contribution in [3.05, 3.63) is 0 Å². The summed E-state index contributed by atoms with van der Waals surface area (Å²) in [6.07, 6.45) is 0.974. The zero-order chi connectivity index (χ0) is 11.3. The molecule has 2 unspecified atom stereocenters. The van der Waals surface area contributed by atoms with Crippen LogP contribution in [0, 0.1) is 0 Å². The van der Waals surface area contributed by atoms with E-state index in [-0.39, 0.29) is 23.9 Å². The van der Waals surface area contributed by atoms with E-state index in [2.05, 4.69) is 0 Å². The molecule has 1 aliphatic rings. The number of nitrogens with zero attached hydrogens (tertiary/aromatic N) is 1. The van der Waals surface area contributed by atoms with Crippen LogP contribution in [0.25, 0.3) is 0 Å². The number of alkyl halides is 1. The van der Waals surface area contributed by atoms with Crippen molar-refractivity contribution in [1.82, 2.24) is 4.90 Å². The van der Waals surface area contributed by atoms with Crippen molar-refractivity contribution in [2.75, 3.05) is 32.7 Å². The van der Waals surface area contributed by atoms with E-state index in [1.54, 1.807) is 12.0 Å². The van der Waals surface area contributed by atoms with Gasteiger partial charge < -0.3 is 14.4 Å². The zero-order valence-corrected chi connectivity index (χ0v) is 10.00. The number of methoxy groups -OCH3 is 1. The largest absolute Gasteiger partial charge is 0.383 e. The Hall–Kier alpha value is -0.320. The molecule has 0 radical (unpaired) electrons. The van der Waals surface area contributed by atoms with E-state index in [4.69, 9.17) is 21.1 Å². The summed E-state index contributed by atoms with van der Waals surface area (Å²) in [6, 6.07) is 0.145. The summed E-state index contributed by atoms with van der Waals surface area (Å²) >= 11 is 5.58. The van der Waals surface area contributed by atoms with Crippen molar-refractivity contribution in [2.45, 2.75) is 25.5 Å². The zero-order valence-electron chi connectivity index (χ0n) is 9.24. The third-order valence-electron chi connectivity index (χ3n) is 2.71. The lowest BCUT2D eigenvalue weighted by atomic mass is 10.1. The highest BCUT2D eigenvalue weighted by atomic mass is 35.5. The molecule has 88 valence electrons. The number of carbonyl (C=O) groups excluding carboxylic acids is 1. The van der Waals surface area contributed by atoms with Gasteiger partial charge in [-0.15, -0.1) is 11.6 Å². The molecule has 0 aromatic rings. The minimum atomic E-state index is -0.0453. The van der Waals surface area contributed by atoms with Gasteiger partial charge in [-0.1, -0.05) is 0 Å². The molecule has 1 heterocycles. The van der Waals surface area contributed by atoms with Gasteiger partial charge in [0.25, 0.3) is 0 Å². The van der Waals surface area contributed by atoms with Crippen LogP contribution in [0.1, 0.15) is 13.3 Å². The van der Waals surface area contributed by atoms with Gasteiger partial charge in [0.05, 0.1) is 18.8 Å². The number of hydrogen-bond acceptors (Lipinski definition) is 3. The molecule has 5 heteroatoms. The number of ether oxygens (including phenoxy) is 2.